The lowest BCUT2D eigenvalue weighted by Crippen LogP contribution is -2.10. The average molecular weight is 243 g/mol. The highest BCUT2D eigenvalue weighted by Gasteiger charge is 2.13. The maximum absolute atomic E-state index is 10.9. The van der Waals surface area contributed by atoms with E-state index in [1.807, 2.05) is 0 Å². The second-order valence-electron chi connectivity index (χ2n) is 3.56. The quantitative estimate of drug-likeness (QED) is 0.833. The summed E-state index contributed by atoms with van der Waals surface area (Å²) < 4.78 is 24.1. The molecule has 0 saturated heterocycles. The van der Waals surface area contributed by atoms with Gasteiger partial charge in [-0.2, -0.15) is 0 Å². The Labute approximate surface area is 94.2 Å². The Kier molecular flexibility index (Phi) is 3.54. The molecule has 5 nitrogen and oxygen atoms in total. The molecule has 0 unspecified atom stereocenters. The summed E-state index contributed by atoms with van der Waals surface area (Å²) in [7, 11) is -3.29. The van der Waals surface area contributed by atoms with Gasteiger partial charge in [-0.1, -0.05) is 12.1 Å². The van der Waals surface area contributed by atoms with Gasteiger partial charge in [-0.25, -0.2) is 8.42 Å². The number of nitrogens with one attached hydrogen (secondary N) is 1. The molecule has 0 saturated carbocycles. The zero-order chi connectivity index (χ0) is 12.3. The number of carboxylic acids is 1. The maximum atomic E-state index is 10.9. The maximum Gasteiger partial charge on any atom is 0.310 e. The van der Waals surface area contributed by atoms with E-state index in [-0.39, 0.29) is 0 Å². The molecule has 0 amide bonds. The zero-order valence-electron chi connectivity index (χ0n) is 8.97. The standard InChI is InChI=1S/C10H13NO4S/c1-7(10(12)13)8-3-5-9(6-4-8)11-16(2,14)15/h3-7,11H,1-2H3,(H,12,13)/t7-/m0/s1. The largest absolute Gasteiger partial charge is 0.481 e. The first-order valence-corrected chi connectivity index (χ1v) is 6.49. The molecule has 0 aliphatic carbocycles. The van der Waals surface area contributed by atoms with Crippen LogP contribution < -0.4 is 4.72 Å². The first-order chi connectivity index (χ1) is 7.29. The van der Waals surface area contributed by atoms with Crippen molar-refractivity contribution in [3.8, 4) is 0 Å². The summed E-state index contributed by atoms with van der Waals surface area (Å²) >= 11 is 0. The number of rotatable bonds is 4. The molecule has 1 rings (SSSR count). The monoisotopic (exact) mass is 243 g/mol. The smallest absolute Gasteiger partial charge is 0.310 e. The van der Waals surface area contributed by atoms with Crippen LogP contribution in [0.1, 0.15) is 18.4 Å². The molecule has 2 N–H and O–H groups in total. The number of hydrogen-bond acceptors (Lipinski definition) is 3. The second-order valence-corrected chi connectivity index (χ2v) is 5.30. The van der Waals surface area contributed by atoms with Crippen LogP contribution in [0.15, 0.2) is 24.3 Å². The fourth-order valence-corrected chi connectivity index (χ4v) is 1.76. The molecule has 0 heterocycles. The predicted octanol–water partition coefficient (Wildman–Crippen LogP) is 1.25. The Hall–Kier alpha value is -1.56. The molecule has 0 aliphatic rings. The third-order valence-corrected chi connectivity index (χ3v) is 2.69. The first kappa shape index (κ1) is 12.5. The highest BCUT2D eigenvalue weighted by Crippen LogP contribution is 2.18. The molecule has 1 atom stereocenters. The summed E-state index contributed by atoms with van der Waals surface area (Å²) in [5.41, 5.74) is 1.05. The van der Waals surface area contributed by atoms with E-state index in [2.05, 4.69) is 4.72 Å². The van der Waals surface area contributed by atoms with Gasteiger partial charge >= 0.3 is 5.97 Å². The summed E-state index contributed by atoms with van der Waals surface area (Å²) in [6, 6.07) is 6.25. The number of anilines is 1. The Morgan fingerprint density at radius 1 is 1.31 bits per heavy atom. The summed E-state index contributed by atoms with van der Waals surface area (Å²) in [6.45, 7) is 1.57. The van der Waals surface area contributed by atoms with Crippen LogP contribution >= 0.6 is 0 Å². The molecule has 0 spiro atoms. The molecule has 0 fully saturated rings. The van der Waals surface area contributed by atoms with Crippen LogP contribution in [-0.2, 0) is 14.8 Å². The molecule has 16 heavy (non-hydrogen) atoms. The molecule has 0 radical (unpaired) electrons. The average Bonchev–Trinajstić information content (AvgIpc) is 2.15. The number of sulfonamides is 1. The van der Waals surface area contributed by atoms with E-state index in [9.17, 15) is 13.2 Å². The van der Waals surface area contributed by atoms with Crippen molar-refractivity contribution in [1.82, 2.24) is 0 Å². The fourth-order valence-electron chi connectivity index (χ4n) is 1.20. The summed E-state index contributed by atoms with van der Waals surface area (Å²) in [5.74, 6) is -1.52. The van der Waals surface area contributed by atoms with Crippen LogP contribution in [0.25, 0.3) is 0 Å². The topological polar surface area (TPSA) is 83.5 Å². The molecule has 0 aromatic heterocycles. The molecule has 1 aromatic carbocycles. The van der Waals surface area contributed by atoms with E-state index in [4.69, 9.17) is 5.11 Å². The highest BCUT2D eigenvalue weighted by atomic mass is 32.2. The number of carboxylic acid groups (broad SMARTS) is 1. The lowest BCUT2D eigenvalue weighted by atomic mass is 10.0. The summed E-state index contributed by atoms with van der Waals surface area (Å²) in [4.78, 5) is 10.7. The third kappa shape index (κ3) is 3.54. The van der Waals surface area contributed by atoms with Gasteiger partial charge in [0, 0.05) is 5.69 Å². The van der Waals surface area contributed by atoms with E-state index in [1.54, 1.807) is 19.1 Å². The van der Waals surface area contributed by atoms with E-state index >= 15 is 0 Å². The molecule has 88 valence electrons. The van der Waals surface area contributed by atoms with Gasteiger partial charge in [-0.3, -0.25) is 9.52 Å². The van der Waals surface area contributed by atoms with Gasteiger partial charge in [-0.05, 0) is 24.6 Å². The number of aliphatic carboxylic acids is 1. The van der Waals surface area contributed by atoms with Gasteiger partial charge in [-0.15, -0.1) is 0 Å². The van der Waals surface area contributed by atoms with Crippen molar-refractivity contribution in [2.24, 2.45) is 0 Å². The van der Waals surface area contributed by atoms with Crippen molar-refractivity contribution in [3.63, 3.8) is 0 Å². The lowest BCUT2D eigenvalue weighted by Gasteiger charge is -2.08. The second kappa shape index (κ2) is 4.52. The Balaban J connectivity index is 2.87. The fraction of sp³-hybridized carbons (Fsp3) is 0.300. The van der Waals surface area contributed by atoms with Crippen molar-refractivity contribution in [2.75, 3.05) is 11.0 Å². The van der Waals surface area contributed by atoms with E-state index in [0.717, 1.165) is 6.26 Å². The number of hydrogen-bond donors (Lipinski definition) is 2. The van der Waals surface area contributed by atoms with Gasteiger partial charge in [0.1, 0.15) is 0 Å². The molecular weight excluding hydrogens is 230 g/mol. The van der Waals surface area contributed by atoms with E-state index in [0.29, 0.717) is 11.3 Å². The third-order valence-electron chi connectivity index (χ3n) is 2.08. The summed E-state index contributed by atoms with van der Waals surface area (Å²) in [6.07, 6.45) is 1.06. The lowest BCUT2D eigenvalue weighted by molar-refractivity contribution is -0.138. The van der Waals surface area contributed by atoms with Crippen molar-refractivity contribution in [1.29, 1.82) is 0 Å². The summed E-state index contributed by atoms with van der Waals surface area (Å²) in [5, 5.41) is 8.78. The Bertz CT molecular complexity index is 478. The molecule has 6 heteroatoms. The van der Waals surface area contributed by atoms with Crippen LogP contribution in [0, 0.1) is 0 Å². The van der Waals surface area contributed by atoms with Gasteiger partial charge < -0.3 is 5.11 Å². The van der Waals surface area contributed by atoms with Crippen LogP contribution in [0.5, 0.6) is 0 Å². The van der Waals surface area contributed by atoms with Gasteiger partial charge in [0.25, 0.3) is 0 Å². The SMILES string of the molecule is C[C@H](C(=O)O)c1ccc(NS(C)(=O)=O)cc1. The first-order valence-electron chi connectivity index (χ1n) is 4.60. The molecule has 0 bridgehead atoms. The molecule has 1 aromatic rings. The number of benzene rings is 1. The van der Waals surface area contributed by atoms with Gasteiger partial charge in [0.05, 0.1) is 12.2 Å². The van der Waals surface area contributed by atoms with Gasteiger partial charge in [0.15, 0.2) is 0 Å². The van der Waals surface area contributed by atoms with Crippen molar-refractivity contribution >= 4 is 21.7 Å². The van der Waals surface area contributed by atoms with Crippen LogP contribution in [0.2, 0.25) is 0 Å². The van der Waals surface area contributed by atoms with Crippen molar-refractivity contribution in [3.05, 3.63) is 29.8 Å². The Morgan fingerprint density at radius 2 is 1.81 bits per heavy atom. The van der Waals surface area contributed by atoms with Crippen molar-refractivity contribution < 1.29 is 18.3 Å². The minimum Gasteiger partial charge on any atom is -0.481 e. The van der Waals surface area contributed by atoms with E-state index in [1.165, 1.54) is 12.1 Å². The normalized spacial score (nSPS) is 13.1. The van der Waals surface area contributed by atoms with E-state index < -0.39 is 21.9 Å². The number of carbonyl (C=O) groups is 1. The van der Waals surface area contributed by atoms with Gasteiger partial charge in [0.2, 0.25) is 10.0 Å². The van der Waals surface area contributed by atoms with Crippen LogP contribution in [-0.4, -0.2) is 25.7 Å². The minimum atomic E-state index is -3.29. The predicted molar refractivity (Wildman–Crippen MR) is 61.0 cm³/mol. The van der Waals surface area contributed by atoms with Crippen LogP contribution in [0.4, 0.5) is 5.69 Å². The molecule has 0 aliphatic heterocycles. The minimum absolute atomic E-state index is 0.420. The Morgan fingerprint density at radius 3 is 2.19 bits per heavy atom. The molecular formula is C10H13NO4S. The highest BCUT2D eigenvalue weighted by molar-refractivity contribution is 7.92. The van der Waals surface area contributed by atoms with Crippen molar-refractivity contribution in [2.45, 2.75) is 12.8 Å². The zero-order valence-corrected chi connectivity index (χ0v) is 9.78. The van der Waals surface area contributed by atoms with Crippen LogP contribution in [0.3, 0.4) is 0 Å².